The van der Waals surface area contributed by atoms with E-state index in [2.05, 4.69) is 4.98 Å². The Labute approximate surface area is 106 Å². The molecule has 0 atom stereocenters. The summed E-state index contributed by atoms with van der Waals surface area (Å²) in [7, 11) is 0. The molecule has 96 valence electrons. The number of aromatic nitrogens is 1. The lowest BCUT2D eigenvalue weighted by molar-refractivity contribution is 0.157. The van der Waals surface area contributed by atoms with Crippen LogP contribution < -0.4 is 0 Å². The fraction of sp³-hybridized carbons (Fsp3) is 0.538. The Balaban J connectivity index is 1.74. The molecule has 3 heterocycles. The first-order chi connectivity index (χ1) is 8.74. The summed E-state index contributed by atoms with van der Waals surface area (Å²) in [6, 6.07) is 1.85. The highest BCUT2D eigenvalue weighted by atomic mass is 16.3. The van der Waals surface area contributed by atoms with Gasteiger partial charge in [-0.1, -0.05) is 0 Å². The molecular weight excluding hydrogens is 230 g/mol. The van der Waals surface area contributed by atoms with Gasteiger partial charge in [-0.25, -0.2) is 9.78 Å². The fourth-order valence-electron chi connectivity index (χ4n) is 2.70. The predicted octanol–water partition coefficient (Wildman–Crippen LogP) is 1.36. The number of rotatable bonds is 0. The Morgan fingerprint density at radius 2 is 1.94 bits per heavy atom. The number of nitrogens with zero attached hydrogens (tertiary/aromatic N) is 3. The zero-order chi connectivity index (χ0) is 12.5. The van der Waals surface area contributed by atoms with Crippen LogP contribution in [0.2, 0.25) is 0 Å². The molecule has 1 N–H and O–H groups in total. The van der Waals surface area contributed by atoms with Crippen molar-refractivity contribution in [1.82, 2.24) is 14.8 Å². The minimum absolute atomic E-state index is 0.0630. The zero-order valence-corrected chi connectivity index (χ0v) is 10.3. The largest absolute Gasteiger partial charge is 0.493 e. The summed E-state index contributed by atoms with van der Waals surface area (Å²) in [5.41, 5.74) is 2.15. The highest BCUT2D eigenvalue weighted by Crippen LogP contribution is 2.22. The van der Waals surface area contributed by atoms with E-state index in [1.807, 2.05) is 9.80 Å². The van der Waals surface area contributed by atoms with Crippen molar-refractivity contribution in [3.8, 4) is 5.88 Å². The Bertz CT molecular complexity index is 469. The standard InChI is InChI=1S/C13H17N3O2/c17-12-7-10-3-6-16(9-11(10)8-14-12)13(18)15-4-1-2-5-15/h7-8H,1-6,9H2,(H,14,17). The van der Waals surface area contributed by atoms with Crippen LogP contribution in [0.5, 0.6) is 5.88 Å². The predicted molar refractivity (Wildman–Crippen MR) is 66.2 cm³/mol. The third kappa shape index (κ3) is 2.00. The van der Waals surface area contributed by atoms with E-state index in [0.29, 0.717) is 6.54 Å². The van der Waals surface area contributed by atoms with E-state index in [4.69, 9.17) is 0 Å². The Morgan fingerprint density at radius 1 is 1.17 bits per heavy atom. The van der Waals surface area contributed by atoms with Gasteiger partial charge in [-0.2, -0.15) is 0 Å². The smallest absolute Gasteiger partial charge is 0.320 e. The number of carbonyl (C=O) groups is 1. The summed E-state index contributed by atoms with van der Waals surface area (Å²) < 4.78 is 0. The molecule has 1 saturated heterocycles. The van der Waals surface area contributed by atoms with Crippen LogP contribution in [0, 0.1) is 0 Å². The molecule has 0 radical (unpaired) electrons. The zero-order valence-electron chi connectivity index (χ0n) is 10.3. The van der Waals surface area contributed by atoms with Crippen molar-refractivity contribution in [2.45, 2.75) is 25.8 Å². The minimum atomic E-state index is 0.0630. The second kappa shape index (κ2) is 4.48. The van der Waals surface area contributed by atoms with Gasteiger partial charge >= 0.3 is 6.03 Å². The molecule has 1 fully saturated rings. The average molecular weight is 247 g/mol. The van der Waals surface area contributed by atoms with Crippen molar-refractivity contribution in [2.24, 2.45) is 0 Å². The summed E-state index contributed by atoms with van der Waals surface area (Å²) in [4.78, 5) is 20.0. The SMILES string of the molecule is O=C(N1CCCC1)N1CCc2cc(O)ncc2C1. The van der Waals surface area contributed by atoms with E-state index in [9.17, 15) is 9.90 Å². The first-order valence-corrected chi connectivity index (χ1v) is 6.44. The lowest BCUT2D eigenvalue weighted by atomic mass is 10.0. The Hall–Kier alpha value is -1.78. The van der Waals surface area contributed by atoms with Gasteiger partial charge in [0.05, 0.1) is 0 Å². The van der Waals surface area contributed by atoms with Crippen LogP contribution in [0.3, 0.4) is 0 Å². The molecule has 2 amide bonds. The molecule has 2 aliphatic heterocycles. The van der Waals surface area contributed by atoms with Crippen LogP contribution in [-0.2, 0) is 13.0 Å². The quantitative estimate of drug-likeness (QED) is 0.753. The van der Waals surface area contributed by atoms with Crippen molar-refractivity contribution < 1.29 is 9.90 Å². The third-order valence-electron chi connectivity index (χ3n) is 3.73. The van der Waals surface area contributed by atoms with Crippen molar-refractivity contribution in [3.05, 3.63) is 23.4 Å². The van der Waals surface area contributed by atoms with Crippen molar-refractivity contribution in [2.75, 3.05) is 19.6 Å². The number of pyridine rings is 1. The molecule has 1 aromatic rings. The number of urea groups is 1. The number of amides is 2. The normalized spacial score (nSPS) is 18.9. The first-order valence-electron chi connectivity index (χ1n) is 6.44. The van der Waals surface area contributed by atoms with E-state index >= 15 is 0 Å². The molecular formula is C13H17N3O2. The van der Waals surface area contributed by atoms with Gasteiger partial charge in [-0.15, -0.1) is 0 Å². The van der Waals surface area contributed by atoms with E-state index in [-0.39, 0.29) is 11.9 Å². The second-order valence-electron chi connectivity index (χ2n) is 4.96. The lowest BCUT2D eigenvalue weighted by Crippen LogP contribution is -2.44. The highest BCUT2D eigenvalue weighted by molar-refractivity contribution is 5.75. The molecule has 0 aromatic carbocycles. The summed E-state index contributed by atoms with van der Waals surface area (Å²) in [6.45, 7) is 3.11. The molecule has 0 unspecified atom stereocenters. The van der Waals surface area contributed by atoms with E-state index < -0.39 is 0 Å². The molecule has 5 nitrogen and oxygen atoms in total. The molecule has 18 heavy (non-hydrogen) atoms. The average Bonchev–Trinajstić information content (AvgIpc) is 2.91. The Kier molecular flexibility index (Phi) is 2.81. The molecule has 0 aliphatic carbocycles. The molecule has 0 spiro atoms. The third-order valence-corrected chi connectivity index (χ3v) is 3.73. The van der Waals surface area contributed by atoms with Crippen LogP contribution in [0.25, 0.3) is 0 Å². The molecule has 2 aliphatic rings. The number of aromatic hydroxyl groups is 1. The van der Waals surface area contributed by atoms with Crippen molar-refractivity contribution >= 4 is 6.03 Å². The maximum absolute atomic E-state index is 12.3. The number of fused-ring (bicyclic) bond motifs is 1. The fourth-order valence-corrected chi connectivity index (χ4v) is 2.70. The van der Waals surface area contributed by atoms with Gasteiger partial charge in [-0.3, -0.25) is 0 Å². The van der Waals surface area contributed by atoms with Crippen LogP contribution in [0.1, 0.15) is 24.0 Å². The number of carbonyl (C=O) groups excluding carboxylic acids is 1. The number of likely N-dealkylation sites (tertiary alicyclic amines) is 1. The van der Waals surface area contributed by atoms with Crippen molar-refractivity contribution in [1.29, 1.82) is 0 Å². The lowest BCUT2D eigenvalue weighted by Gasteiger charge is -2.32. The molecule has 3 rings (SSSR count). The molecule has 1 aromatic heterocycles. The Morgan fingerprint density at radius 3 is 2.72 bits per heavy atom. The van der Waals surface area contributed by atoms with Gasteiger partial charge < -0.3 is 14.9 Å². The summed E-state index contributed by atoms with van der Waals surface area (Å²) in [6.07, 6.45) is 4.70. The second-order valence-corrected chi connectivity index (χ2v) is 4.96. The van der Waals surface area contributed by atoms with Gasteiger partial charge in [-0.05, 0) is 30.4 Å². The number of hydrogen-bond donors (Lipinski definition) is 1. The number of hydrogen-bond acceptors (Lipinski definition) is 3. The molecule has 0 saturated carbocycles. The van der Waals surface area contributed by atoms with E-state index in [0.717, 1.165) is 50.0 Å². The van der Waals surface area contributed by atoms with E-state index in [1.165, 1.54) is 0 Å². The summed E-state index contributed by atoms with van der Waals surface area (Å²) in [5, 5.41) is 9.34. The van der Waals surface area contributed by atoms with Gasteiger partial charge in [0.25, 0.3) is 0 Å². The van der Waals surface area contributed by atoms with Gasteiger partial charge in [0.15, 0.2) is 0 Å². The van der Waals surface area contributed by atoms with E-state index in [1.54, 1.807) is 12.3 Å². The highest BCUT2D eigenvalue weighted by Gasteiger charge is 2.26. The monoisotopic (exact) mass is 247 g/mol. The summed E-state index contributed by atoms with van der Waals surface area (Å²) in [5.74, 6) is 0.0630. The van der Waals surface area contributed by atoms with Crippen LogP contribution in [-0.4, -0.2) is 45.6 Å². The summed E-state index contributed by atoms with van der Waals surface area (Å²) >= 11 is 0. The maximum atomic E-state index is 12.3. The first kappa shape index (κ1) is 11.3. The van der Waals surface area contributed by atoms with Gasteiger partial charge in [0.1, 0.15) is 0 Å². The molecule has 5 heteroatoms. The van der Waals surface area contributed by atoms with Gasteiger partial charge in [0.2, 0.25) is 5.88 Å². The topological polar surface area (TPSA) is 56.7 Å². The van der Waals surface area contributed by atoms with Crippen LogP contribution >= 0.6 is 0 Å². The molecule has 0 bridgehead atoms. The van der Waals surface area contributed by atoms with Crippen LogP contribution in [0.4, 0.5) is 4.79 Å². The maximum Gasteiger partial charge on any atom is 0.320 e. The minimum Gasteiger partial charge on any atom is -0.493 e. The van der Waals surface area contributed by atoms with Gasteiger partial charge in [0, 0.05) is 38.4 Å². The van der Waals surface area contributed by atoms with Crippen LogP contribution in [0.15, 0.2) is 12.3 Å². The van der Waals surface area contributed by atoms with Crippen molar-refractivity contribution in [3.63, 3.8) is 0 Å².